The number of carbonyl (C=O) groups excluding carboxylic acids is 2. The molecule has 0 bridgehead atoms. The Kier molecular flexibility index (Phi) is 3.38. The van der Waals surface area contributed by atoms with Crippen molar-refractivity contribution in [3.05, 3.63) is 29.3 Å². The zero-order valence-corrected chi connectivity index (χ0v) is 10.5. The molecular formula is C12H13NO3S. The van der Waals surface area contributed by atoms with Gasteiger partial charge in [0.1, 0.15) is 5.25 Å². The van der Waals surface area contributed by atoms with E-state index in [0.29, 0.717) is 12.2 Å². The lowest BCUT2D eigenvalue weighted by Crippen LogP contribution is -2.08. The van der Waals surface area contributed by atoms with E-state index in [1.54, 1.807) is 25.1 Å². The van der Waals surface area contributed by atoms with Crippen LogP contribution in [0.15, 0.2) is 18.2 Å². The number of thioether (sulfide) groups is 1. The van der Waals surface area contributed by atoms with Crippen molar-refractivity contribution in [1.82, 2.24) is 0 Å². The number of rotatable bonds is 3. The number of benzene rings is 1. The molecule has 4 nitrogen and oxygen atoms in total. The normalized spacial score (nSPS) is 17.5. The van der Waals surface area contributed by atoms with Crippen LogP contribution in [-0.4, -0.2) is 24.7 Å². The van der Waals surface area contributed by atoms with Crippen LogP contribution in [-0.2, 0) is 9.53 Å². The molecule has 0 aromatic heterocycles. The van der Waals surface area contributed by atoms with Crippen LogP contribution in [0.5, 0.6) is 0 Å². The van der Waals surface area contributed by atoms with Gasteiger partial charge >= 0.3 is 5.97 Å². The Balaban J connectivity index is 2.34. The van der Waals surface area contributed by atoms with Gasteiger partial charge in [-0.25, -0.2) is 4.79 Å². The molecule has 17 heavy (non-hydrogen) atoms. The van der Waals surface area contributed by atoms with E-state index in [1.165, 1.54) is 11.8 Å². The van der Waals surface area contributed by atoms with Gasteiger partial charge in [0.2, 0.25) is 5.91 Å². The number of carbonyl (C=O) groups is 2. The number of anilines is 1. The molecule has 0 saturated carbocycles. The summed E-state index contributed by atoms with van der Waals surface area (Å²) in [6.07, 6.45) is 1.87. The summed E-state index contributed by atoms with van der Waals surface area (Å²) in [5.74, 6) is -0.386. The van der Waals surface area contributed by atoms with Crippen LogP contribution in [0.3, 0.4) is 0 Å². The SMILES string of the molecule is CCOC(=O)c1ccc2c(c1)[C@@H](SC)C(=O)N2. The predicted octanol–water partition coefficient (Wildman–Crippen LogP) is 2.22. The highest BCUT2D eigenvalue weighted by atomic mass is 32.2. The molecule has 2 rings (SSSR count). The third kappa shape index (κ3) is 2.15. The highest BCUT2D eigenvalue weighted by Crippen LogP contribution is 2.39. The van der Waals surface area contributed by atoms with Gasteiger partial charge in [0.05, 0.1) is 12.2 Å². The summed E-state index contributed by atoms with van der Waals surface area (Å²) in [4.78, 5) is 23.2. The monoisotopic (exact) mass is 251 g/mol. The molecule has 1 aliphatic rings. The lowest BCUT2D eigenvalue weighted by Gasteiger charge is -2.06. The molecule has 1 amide bonds. The number of fused-ring (bicyclic) bond motifs is 1. The zero-order valence-electron chi connectivity index (χ0n) is 9.65. The van der Waals surface area contributed by atoms with Crippen LogP contribution in [0.25, 0.3) is 0 Å². The van der Waals surface area contributed by atoms with Gasteiger partial charge in [-0.3, -0.25) is 4.79 Å². The predicted molar refractivity (Wildman–Crippen MR) is 67.3 cm³/mol. The molecule has 0 spiro atoms. The van der Waals surface area contributed by atoms with Crippen molar-refractivity contribution in [3.8, 4) is 0 Å². The van der Waals surface area contributed by atoms with Gasteiger partial charge in [0, 0.05) is 5.69 Å². The Hall–Kier alpha value is -1.49. The summed E-state index contributed by atoms with van der Waals surface area (Å²) < 4.78 is 4.93. The third-order valence-corrected chi connectivity index (χ3v) is 3.52. The lowest BCUT2D eigenvalue weighted by molar-refractivity contribution is -0.115. The number of esters is 1. The Morgan fingerprint density at radius 2 is 2.29 bits per heavy atom. The maximum atomic E-state index is 11.6. The van der Waals surface area contributed by atoms with Crippen molar-refractivity contribution in [1.29, 1.82) is 0 Å². The lowest BCUT2D eigenvalue weighted by atomic mass is 10.1. The van der Waals surface area contributed by atoms with E-state index in [4.69, 9.17) is 4.74 Å². The van der Waals surface area contributed by atoms with Gasteiger partial charge in [-0.1, -0.05) is 0 Å². The summed E-state index contributed by atoms with van der Waals surface area (Å²) in [6.45, 7) is 2.11. The molecule has 1 aromatic rings. The molecule has 1 aromatic carbocycles. The second-order valence-electron chi connectivity index (χ2n) is 3.63. The van der Waals surface area contributed by atoms with Crippen molar-refractivity contribution < 1.29 is 14.3 Å². The summed E-state index contributed by atoms with van der Waals surface area (Å²) in [5.41, 5.74) is 2.12. The summed E-state index contributed by atoms with van der Waals surface area (Å²) in [6, 6.07) is 5.14. The van der Waals surface area contributed by atoms with Crippen molar-refractivity contribution in [2.45, 2.75) is 12.2 Å². The van der Waals surface area contributed by atoms with Crippen LogP contribution in [0.1, 0.15) is 28.1 Å². The van der Waals surface area contributed by atoms with Gasteiger partial charge in [-0.05, 0) is 36.9 Å². The molecule has 1 atom stereocenters. The van der Waals surface area contributed by atoms with Crippen LogP contribution in [0, 0.1) is 0 Å². The fourth-order valence-corrected chi connectivity index (χ4v) is 2.53. The standard InChI is InChI=1S/C12H13NO3S/c1-3-16-12(15)7-4-5-9-8(6-7)10(17-2)11(14)13-9/h4-6,10H,3H2,1-2H3,(H,13,14)/t10-/m1/s1. The molecule has 0 saturated heterocycles. The zero-order chi connectivity index (χ0) is 12.4. The molecule has 1 N–H and O–H groups in total. The molecule has 0 unspecified atom stereocenters. The van der Waals surface area contributed by atoms with E-state index in [9.17, 15) is 9.59 Å². The minimum absolute atomic E-state index is 0.0338. The van der Waals surface area contributed by atoms with Crippen molar-refractivity contribution >= 4 is 29.3 Å². The molecule has 1 heterocycles. The number of amides is 1. The molecular weight excluding hydrogens is 238 g/mol. The smallest absolute Gasteiger partial charge is 0.338 e. The second kappa shape index (κ2) is 4.79. The average molecular weight is 251 g/mol. The van der Waals surface area contributed by atoms with E-state index in [1.807, 2.05) is 6.26 Å². The highest BCUT2D eigenvalue weighted by Gasteiger charge is 2.30. The molecule has 0 radical (unpaired) electrons. The second-order valence-corrected chi connectivity index (χ2v) is 4.57. The maximum Gasteiger partial charge on any atom is 0.338 e. The van der Waals surface area contributed by atoms with Gasteiger partial charge in [-0.15, -0.1) is 11.8 Å². The molecule has 1 aliphatic heterocycles. The number of nitrogens with one attached hydrogen (secondary N) is 1. The van der Waals surface area contributed by atoms with Crippen molar-refractivity contribution in [2.24, 2.45) is 0 Å². The van der Waals surface area contributed by atoms with Crippen molar-refractivity contribution in [2.75, 3.05) is 18.2 Å². The Bertz CT molecular complexity index is 473. The summed E-state index contributed by atoms with van der Waals surface area (Å²) in [5, 5.41) is 2.55. The summed E-state index contributed by atoms with van der Waals surface area (Å²) >= 11 is 1.45. The number of hydrogen-bond acceptors (Lipinski definition) is 4. The first-order valence-corrected chi connectivity index (χ1v) is 6.61. The molecule has 0 aliphatic carbocycles. The Morgan fingerprint density at radius 3 is 2.94 bits per heavy atom. The largest absolute Gasteiger partial charge is 0.462 e. The van der Waals surface area contributed by atoms with Gasteiger partial charge in [0.25, 0.3) is 0 Å². The first kappa shape index (κ1) is 12.0. The first-order chi connectivity index (χ1) is 8.17. The number of hydrogen-bond donors (Lipinski definition) is 1. The molecule has 0 fully saturated rings. The topological polar surface area (TPSA) is 55.4 Å². The molecule has 5 heteroatoms. The minimum Gasteiger partial charge on any atom is -0.462 e. The van der Waals surface area contributed by atoms with Crippen molar-refractivity contribution in [3.63, 3.8) is 0 Å². The maximum absolute atomic E-state index is 11.6. The summed E-state index contributed by atoms with van der Waals surface area (Å²) in [7, 11) is 0. The highest BCUT2D eigenvalue weighted by molar-refractivity contribution is 7.99. The quantitative estimate of drug-likeness (QED) is 0.837. The van der Waals surface area contributed by atoms with Gasteiger partial charge in [-0.2, -0.15) is 0 Å². The van der Waals surface area contributed by atoms with E-state index in [-0.39, 0.29) is 17.1 Å². The third-order valence-electron chi connectivity index (χ3n) is 2.58. The van der Waals surface area contributed by atoms with E-state index in [2.05, 4.69) is 5.32 Å². The average Bonchev–Trinajstić information content (AvgIpc) is 2.63. The van der Waals surface area contributed by atoms with Gasteiger partial charge in [0.15, 0.2) is 0 Å². The fourth-order valence-electron chi connectivity index (χ4n) is 1.81. The van der Waals surface area contributed by atoms with E-state index in [0.717, 1.165) is 11.3 Å². The Morgan fingerprint density at radius 1 is 1.53 bits per heavy atom. The van der Waals surface area contributed by atoms with Crippen LogP contribution < -0.4 is 5.32 Å². The number of ether oxygens (including phenoxy) is 1. The van der Waals surface area contributed by atoms with Gasteiger partial charge < -0.3 is 10.1 Å². The fraction of sp³-hybridized carbons (Fsp3) is 0.333. The Labute approximate surface area is 104 Å². The van der Waals surface area contributed by atoms with Crippen LogP contribution in [0.4, 0.5) is 5.69 Å². The first-order valence-electron chi connectivity index (χ1n) is 5.32. The minimum atomic E-state index is -0.352. The van der Waals surface area contributed by atoms with Crippen LogP contribution >= 0.6 is 11.8 Å². The van der Waals surface area contributed by atoms with E-state index >= 15 is 0 Å². The van der Waals surface area contributed by atoms with E-state index < -0.39 is 0 Å². The van der Waals surface area contributed by atoms with Crippen LogP contribution in [0.2, 0.25) is 0 Å². The molecule has 90 valence electrons.